The first kappa shape index (κ1) is 45.5. The van der Waals surface area contributed by atoms with Crippen LogP contribution in [0.4, 0.5) is 4.79 Å². The van der Waals surface area contributed by atoms with Gasteiger partial charge in [-0.25, -0.2) is 4.79 Å². The van der Waals surface area contributed by atoms with Gasteiger partial charge in [0, 0.05) is 18.6 Å². The Morgan fingerprint density at radius 1 is 0.770 bits per heavy atom. The molecule has 0 aromatic heterocycles. The predicted octanol–water partition coefficient (Wildman–Crippen LogP) is 12.9. The first-order chi connectivity index (χ1) is 29.4. The molecule has 0 aliphatic heterocycles. The Balaban J connectivity index is 0.888. The van der Waals surface area contributed by atoms with Crippen molar-refractivity contribution >= 4 is 6.09 Å². The maximum Gasteiger partial charge on any atom is 0.407 e. The topological polar surface area (TPSA) is 86.2 Å². The van der Waals surface area contributed by atoms with Gasteiger partial charge >= 0.3 is 6.09 Å². The van der Waals surface area contributed by atoms with E-state index in [9.17, 15) is 9.90 Å². The lowest BCUT2D eigenvalue weighted by Gasteiger charge is -2.62. The first-order valence-corrected chi connectivity index (χ1v) is 24.1. The molecular formula is C54H77NO6. The molecule has 61 heavy (non-hydrogen) atoms. The van der Waals surface area contributed by atoms with Crippen molar-refractivity contribution in [2.24, 2.45) is 52.3 Å². The van der Waals surface area contributed by atoms with Crippen molar-refractivity contribution in [2.75, 3.05) is 27.4 Å². The lowest BCUT2D eigenvalue weighted by atomic mass is 9.44. The van der Waals surface area contributed by atoms with E-state index in [2.05, 4.69) is 82.4 Å². The van der Waals surface area contributed by atoms with Gasteiger partial charge in [-0.1, -0.05) is 90.3 Å². The summed E-state index contributed by atoms with van der Waals surface area (Å²) < 4.78 is 23.4. The molecule has 0 bridgehead atoms. The summed E-state index contributed by atoms with van der Waals surface area (Å²) in [5, 5.41) is 13.9. The van der Waals surface area contributed by atoms with Crippen LogP contribution in [0.2, 0.25) is 0 Å². The first-order valence-electron chi connectivity index (χ1n) is 24.1. The summed E-state index contributed by atoms with van der Waals surface area (Å²) in [6, 6.07) is 22.6. The zero-order chi connectivity index (χ0) is 43.1. The molecule has 334 valence electrons. The SMILES string of the molecule is COc1ccc(-c2ccc(COCCC(O)CCNC(=O)OC3CCC[C@@H]4CC[C@@H]5[C@@H]6CC[C@@H]([C@@H](C)CCCC(C)C)[C@@]6(C)CC[C@@H]5[C@@]34C)c(-c3ccc(OC)cc3)c2)cc1. The molecule has 2 unspecified atom stereocenters. The number of aliphatic hydroxyl groups is 1. The zero-order valence-electron chi connectivity index (χ0n) is 38.6. The van der Waals surface area contributed by atoms with Crippen LogP contribution < -0.4 is 14.8 Å². The van der Waals surface area contributed by atoms with Gasteiger partial charge in [0.15, 0.2) is 0 Å². The molecule has 3 aromatic carbocycles. The Hall–Kier alpha value is -3.55. The van der Waals surface area contributed by atoms with Crippen LogP contribution in [-0.4, -0.2) is 50.8 Å². The minimum atomic E-state index is -0.584. The molecule has 4 aliphatic carbocycles. The largest absolute Gasteiger partial charge is 0.497 e. The monoisotopic (exact) mass is 836 g/mol. The third-order valence-electron chi connectivity index (χ3n) is 16.7. The van der Waals surface area contributed by atoms with Gasteiger partial charge in [0.25, 0.3) is 0 Å². The van der Waals surface area contributed by atoms with Gasteiger partial charge in [-0.2, -0.15) is 0 Å². The number of fused-ring (bicyclic) bond motifs is 5. The summed E-state index contributed by atoms with van der Waals surface area (Å²) in [6.45, 7) is 13.7. The van der Waals surface area contributed by atoms with Crippen LogP contribution in [0, 0.1) is 52.3 Å². The standard InChI is InChI=1S/C54H77NO6/c1-36(2)10-8-11-37(3)48-26-27-49-46-25-20-42-12-9-13-51(54(42,5)50(46)28-31-53(48,49)4)61-52(57)55-32-29-43(56)30-33-60-35-41-15-14-40(38-16-21-44(58-6)22-17-38)34-47(41)39-18-23-45(59-7)24-19-39/h14-19,21-24,34,36-37,42-43,46,48-51,56H,8-13,20,25-33,35H2,1-7H3,(H,55,57)/t37-,42+,43?,46+,48-,49-,50-,51?,53+,54-/m0/s1. The van der Waals surface area contributed by atoms with E-state index in [1.54, 1.807) is 14.2 Å². The summed E-state index contributed by atoms with van der Waals surface area (Å²) in [4.78, 5) is 13.4. The number of methoxy groups -OCH3 is 2. The number of benzene rings is 3. The zero-order valence-corrected chi connectivity index (χ0v) is 38.6. The molecule has 4 saturated carbocycles. The summed E-state index contributed by atoms with van der Waals surface area (Å²) in [6.07, 6.45) is 15.5. The Labute approximate surface area is 368 Å². The highest BCUT2D eigenvalue weighted by Crippen LogP contribution is 2.68. The van der Waals surface area contributed by atoms with Gasteiger partial charge in [0.1, 0.15) is 17.6 Å². The maximum absolute atomic E-state index is 13.4. The maximum atomic E-state index is 13.4. The number of rotatable bonds is 18. The van der Waals surface area contributed by atoms with Crippen LogP contribution in [0.15, 0.2) is 66.7 Å². The molecular weight excluding hydrogens is 759 g/mol. The molecule has 7 heteroatoms. The fourth-order valence-corrected chi connectivity index (χ4v) is 13.3. The van der Waals surface area contributed by atoms with Crippen LogP contribution in [0.1, 0.15) is 130 Å². The van der Waals surface area contributed by atoms with E-state index < -0.39 is 6.10 Å². The van der Waals surface area contributed by atoms with Crippen molar-refractivity contribution in [3.63, 3.8) is 0 Å². The van der Waals surface area contributed by atoms with Crippen LogP contribution in [0.3, 0.4) is 0 Å². The van der Waals surface area contributed by atoms with E-state index >= 15 is 0 Å². The van der Waals surface area contributed by atoms with Crippen molar-refractivity contribution in [1.29, 1.82) is 0 Å². The van der Waals surface area contributed by atoms with E-state index in [0.717, 1.165) is 81.7 Å². The number of nitrogens with one attached hydrogen (secondary N) is 1. The number of carbonyl (C=O) groups excluding carboxylic acids is 1. The third kappa shape index (κ3) is 10.1. The highest BCUT2D eigenvalue weighted by molar-refractivity contribution is 5.76. The predicted molar refractivity (Wildman–Crippen MR) is 247 cm³/mol. The second kappa shape index (κ2) is 20.3. The third-order valence-corrected chi connectivity index (χ3v) is 16.7. The molecule has 7 rings (SSSR count). The lowest BCUT2D eigenvalue weighted by molar-refractivity contribution is -0.165. The smallest absolute Gasteiger partial charge is 0.407 e. The van der Waals surface area contributed by atoms with Gasteiger partial charge in [-0.3, -0.25) is 0 Å². The van der Waals surface area contributed by atoms with E-state index in [1.165, 1.54) is 64.2 Å². The minimum absolute atomic E-state index is 0.0398. The molecule has 7 nitrogen and oxygen atoms in total. The normalized spacial score (nSPS) is 29.2. The van der Waals surface area contributed by atoms with Crippen molar-refractivity contribution in [2.45, 2.75) is 143 Å². The Kier molecular flexibility index (Phi) is 15.1. The summed E-state index contributed by atoms with van der Waals surface area (Å²) >= 11 is 0. The van der Waals surface area contributed by atoms with Gasteiger partial charge < -0.3 is 29.4 Å². The number of carbonyl (C=O) groups is 1. The fourth-order valence-electron chi connectivity index (χ4n) is 13.3. The van der Waals surface area contributed by atoms with E-state index in [4.69, 9.17) is 18.9 Å². The van der Waals surface area contributed by atoms with Crippen LogP contribution >= 0.6 is 0 Å². The average Bonchev–Trinajstić information content (AvgIpc) is 3.63. The highest BCUT2D eigenvalue weighted by Gasteiger charge is 2.62. The summed E-state index contributed by atoms with van der Waals surface area (Å²) in [5.41, 5.74) is 5.95. The second-order valence-electron chi connectivity index (χ2n) is 20.4. The number of alkyl carbamates (subject to hydrolysis) is 1. The van der Waals surface area contributed by atoms with Gasteiger partial charge in [0.2, 0.25) is 0 Å². The van der Waals surface area contributed by atoms with Gasteiger partial charge in [-0.15, -0.1) is 0 Å². The van der Waals surface area contributed by atoms with Crippen molar-refractivity contribution in [3.05, 3.63) is 72.3 Å². The van der Waals surface area contributed by atoms with Crippen LogP contribution in [-0.2, 0) is 16.1 Å². The number of amides is 1. The van der Waals surface area contributed by atoms with Crippen molar-refractivity contribution in [1.82, 2.24) is 5.32 Å². The quantitative estimate of drug-likeness (QED) is 0.124. The molecule has 4 fully saturated rings. The summed E-state index contributed by atoms with van der Waals surface area (Å²) in [5.74, 6) is 6.93. The molecule has 0 spiro atoms. The molecule has 0 radical (unpaired) electrons. The van der Waals surface area contributed by atoms with E-state index in [0.29, 0.717) is 49.9 Å². The highest BCUT2D eigenvalue weighted by atomic mass is 16.6. The molecule has 0 heterocycles. The minimum Gasteiger partial charge on any atom is -0.497 e. The molecule has 0 saturated heterocycles. The fraction of sp³-hybridized carbons (Fsp3) is 0.648. The van der Waals surface area contributed by atoms with Crippen molar-refractivity contribution < 1.29 is 28.8 Å². The number of hydrogen-bond donors (Lipinski definition) is 2. The van der Waals surface area contributed by atoms with Crippen LogP contribution in [0.5, 0.6) is 11.5 Å². The van der Waals surface area contributed by atoms with Crippen LogP contribution in [0.25, 0.3) is 22.3 Å². The lowest BCUT2D eigenvalue weighted by Crippen LogP contribution is -2.58. The molecule has 4 aliphatic rings. The van der Waals surface area contributed by atoms with E-state index in [-0.39, 0.29) is 17.6 Å². The Morgan fingerprint density at radius 2 is 1.48 bits per heavy atom. The molecule has 1 amide bonds. The van der Waals surface area contributed by atoms with E-state index in [1.807, 2.05) is 24.3 Å². The molecule has 3 aromatic rings. The molecule has 10 atom stereocenters. The van der Waals surface area contributed by atoms with Crippen molar-refractivity contribution in [3.8, 4) is 33.8 Å². The Bertz CT molecular complexity index is 1860. The number of ether oxygens (including phenoxy) is 4. The average molecular weight is 836 g/mol. The number of aliphatic hydroxyl groups excluding tert-OH is 1. The second-order valence-corrected chi connectivity index (χ2v) is 20.4. The summed E-state index contributed by atoms with van der Waals surface area (Å²) in [7, 11) is 3.35. The number of hydrogen-bond acceptors (Lipinski definition) is 6. The molecule has 2 N–H and O–H groups in total. The van der Waals surface area contributed by atoms with Gasteiger partial charge in [0.05, 0.1) is 26.9 Å². The van der Waals surface area contributed by atoms with Gasteiger partial charge in [-0.05, 0) is 176 Å². The Morgan fingerprint density at radius 3 is 2.18 bits per heavy atom.